The van der Waals surface area contributed by atoms with Gasteiger partial charge in [-0.1, -0.05) is 0 Å². The van der Waals surface area contributed by atoms with E-state index in [1.807, 2.05) is 18.7 Å². The number of halogens is 3. The van der Waals surface area contributed by atoms with E-state index in [0.717, 1.165) is 37.3 Å². The molecule has 1 atom stereocenters. The Labute approximate surface area is 160 Å². The number of fused-ring (bicyclic) bond motifs is 1. The van der Waals surface area contributed by atoms with E-state index in [1.165, 1.54) is 5.01 Å². The average molecular weight is 396 g/mol. The van der Waals surface area contributed by atoms with E-state index in [0.29, 0.717) is 30.3 Å². The molecule has 1 fully saturated rings. The van der Waals surface area contributed by atoms with E-state index in [1.54, 1.807) is 10.7 Å². The van der Waals surface area contributed by atoms with Crippen molar-refractivity contribution in [2.24, 2.45) is 4.99 Å². The predicted octanol–water partition coefficient (Wildman–Crippen LogP) is 1.83. The summed E-state index contributed by atoms with van der Waals surface area (Å²) in [6.45, 7) is 4.32. The predicted molar refractivity (Wildman–Crippen MR) is 96.5 cm³/mol. The fraction of sp³-hybridized carbons (Fsp3) is 0.647. The molecule has 0 spiro atoms. The molecule has 0 saturated carbocycles. The molecule has 0 amide bonds. The Bertz CT molecular complexity index is 845. The lowest BCUT2D eigenvalue weighted by Crippen LogP contribution is -2.49. The Kier molecular flexibility index (Phi) is 4.86. The van der Waals surface area contributed by atoms with Gasteiger partial charge in [-0.2, -0.15) is 23.3 Å². The van der Waals surface area contributed by atoms with Gasteiger partial charge in [-0.05, 0) is 33.1 Å². The van der Waals surface area contributed by atoms with Crippen LogP contribution in [0.15, 0.2) is 11.2 Å². The first-order chi connectivity index (χ1) is 13.3. The van der Waals surface area contributed by atoms with Crippen LogP contribution in [0.4, 0.5) is 13.2 Å². The Balaban J connectivity index is 1.50. The maximum absolute atomic E-state index is 13.0. The van der Waals surface area contributed by atoms with Gasteiger partial charge in [0.2, 0.25) is 5.96 Å². The second kappa shape index (κ2) is 7.19. The Morgan fingerprint density at radius 2 is 1.96 bits per heavy atom. The minimum atomic E-state index is -4.30. The number of aliphatic imine (C=N–C) groups is 1. The number of rotatable bonds is 4. The zero-order valence-electron chi connectivity index (χ0n) is 15.9. The van der Waals surface area contributed by atoms with Gasteiger partial charge < -0.3 is 4.90 Å². The van der Waals surface area contributed by atoms with E-state index >= 15 is 0 Å². The lowest BCUT2D eigenvalue weighted by molar-refractivity contribution is -0.153. The number of nitrogens with one attached hydrogen (secondary N) is 1. The molecule has 152 valence electrons. The van der Waals surface area contributed by atoms with Crippen LogP contribution in [0.5, 0.6) is 0 Å². The Morgan fingerprint density at radius 3 is 2.64 bits per heavy atom. The highest BCUT2D eigenvalue weighted by molar-refractivity contribution is 5.81. The van der Waals surface area contributed by atoms with E-state index in [9.17, 15) is 13.2 Å². The van der Waals surface area contributed by atoms with Gasteiger partial charge >= 0.3 is 6.18 Å². The van der Waals surface area contributed by atoms with Gasteiger partial charge in [0.25, 0.3) is 0 Å². The third-order valence-corrected chi connectivity index (χ3v) is 5.01. The minimum Gasteiger partial charge on any atom is -0.342 e. The molecule has 1 N–H and O–H groups in total. The van der Waals surface area contributed by atoms with Crippen LogP contribution in [0.3, 0.4) is 0 Å². The summed E-state index contributed by atoms with van der Waals surface area (Å²) >= 11 is 0. The molecule has 2 aromatic heterocycles. The summed E-state index contributed by atoms with van der Waals surface area (Å²) in [7, 11) is 0. The molecule has 2 aromatic rings. The van der Waals surface area contributed by atoms with E-state index in [-0.39, 0.29) is 0 Å². The maximum Gasteiger partial charge on any atom is 0.403 e. The molecular weight excluding hydrogens is 373 g/mol. The summed E-state index contributed by atoms with van der Waals surface area (Å²) in [5, 5.41) is 5.64. The average Bonchev–Trinajstić information content (AvgIpc) is 3.34. The molecule has 0 bridgehead atoms. The van der Waals surface area contributed by atoms with Gasteiger partial charge in [0.05, 0.1) is 11.4 Å². The molecule has 2 aliphatic heterocycles. The van der Waals surface area contributed by atoms with Gasteiger partial charge in [0.15, 0.2) is 11.5 Å². The Hall–Kier alpha value is -2.43. The third kappa shape index (κ3) is 3.89. The quantitative estimate of drug-likeness (QED) is 0.850. The first kappa shape index (κ1) is 18.9. The molecule has 4 rings (SSSR count). The fourth-order valence-electron chi connectivity index (χ4n) is 3.58. The van der Waals surface area contributed by atoms with E-state index in [2.05, 4.69) is 25.5 Å². The molecule has 0 radical (unpaired) electrons. The summed E-state index contributed by atoms with van der Waals surface area (Å²) in [6, 6.07) is 0. The van der Waals surface area contributed by atoms with Gasteiger partial charge in [-0.15, -0.1) is 0 Å². The highest BCUT2D eigenvalue weighted by Crippen LogP contribution is 2.23. The second-order valence-electron chi connectivity index (χ2n) is 7.27. The summed E-state index contributed by atoms with van der Waals surface area (Å²) in [5.74, 6) is 1.11. The van der Waals surface area contributed by atoms with Crippen molar-refractivity contribution in [2.45, 2.75) is 51.9 Å². The monoisotopic (exact) mass is 396 g/mol. The molecule has 8 nitrogen and oxygen atoms in total. The number of alkyl halides is 3. The second-order valence-corrected chi connectivity index (χ2v) is 7.27. The number of aromatic nitrogens is 4. The molecule has 1 saturated heterocycles. The highest BCUT2D eigenvalue weighted by atomic mass is 19.4. The van der Waals surface area contributed by atoms with Crippen LogP contribution >= 0.6 is 0 Å². The van der Waals surface area contributed by atoms with Crippen molar-refractivity contribution < 1.29 is 13.2 Å². The summed E-state index contributed by atoms with van der Waals surface area (Å²) in [6.07, 6.45) is -0.308. The summed E-state index contributed by atoms with van der Waals surface area (Å²) < 4.78 is 40.7. The normalized spacial score (nSPS) is 20.8. The van der Waals surface area contributed by atoms with Crippen molar-refractivity contribution in [3.05, 3.63) is 23.4 Å². The van der Waals surface area contributed by atoms with Crippen molar-refractivity contribution in [1.82, 2.24) is 34.9 Å². The van der Waals surface area contributed by atoms with Crippen molar-refractivity contribution in [2.75, 3.05) is 19.6 Å². The SMILES string of the molecule is Cc1ncc(C)n2nc(CCC3N=C(N4CCCC4)NN3CC(F)(F)F)nc12. The van der Waals surface area contributed by atoms with Crippen LogP contribution in [0, 0.1) is 13.8 Å². The molecule has 0 aliphatic carbocycles. The van der Waals surface area contributed by atoms with Gasteiger partial charge in [-0.25, -0.2) is 14.5 Å². The Morgan fingerprint density at radius 1 is 1.21 bits per heavy atom. The highest BCUT2D eigenvalue weighted by Gasteiger charge is 2.38. The van der Waals surface area contributed by atoms with Crippen molar-refractivity contribution in [1.29, 1.82) is 0 Å². The number of guanidine groups is 1. The zero-order chi connectivity index (χ0) is 19.9. The molecule has 0 aromatic carbocycles. The zero-order valence-corrected chi connectivity index (χ0v) is 15.9. The topological polar surface area (TPSA) is 74.0 Å². The lowest BCUT2D eigenvalue weighted by Gasteiger charge is -2.25. The van der Waals surface area contributed by atoms with Crippen LogP contribution in [0.1, 0.15) is 36.5 Å². The smallest absolute Gasteiger partial charge is 0.342 e. The van der Waals surface area contributed by atoms with Gasteiger partial charge in [0.1, 0.15) is 12.7 Å². The maximum atomic E-state index is 13.0. The molecule has 11 heteroatoms. The minimum absolute atomic E-state index is 0.392. The van der Waals surface area contributed by atoms with Crippen LogP contribution < -0.4 is 5.43 Å². The van der Waals surface area contributed by atoms with Gasteiger partial charge in [-0.3, -0.25) is 10.4 Å². The number of hydrazine groups is 1. The largest absolute Gasteiger partial charge is 0.403 e. The lowest BCUT2D eigenvalue weighted by atomic mass is 10.2. The molecule has 4 heterocycles. The first-order valence-corrected chi connectivity index (χ1v) is 9.41. The summed E-state index contributed by atoms with van der Waals surface area (Å²) in [5.41, 5.74) is 5.15. The summed E-state index contributed by atoms with van der Waals surface area (Å²) in [4.78, 5) is 15.3. The number of aryl methyl sites for hydroxylation is 3. The van der Waals surface area contributed by atoms with E-state index in [4.69, 9.17) is 0 Å². The van der Waals surface area contributed by atoms with Gasteiger partial charge in [0, 0.05) is 25.7 Å². The molecule has 28 heavy (non-hydrogen) atoms. The van der Waals surface area contributed by atoms with Crippen molar-refractivity contribution in [3.63, 3.8) is 0 Å². The first-order valence-electron chi connectivity index (χ1n) is 9.41. The van der Waals surface area contributed by atoms with Crippen molar-refractivity contribution in [3.8, 4) is 0 Å². The van der Waals surface area contributed by atoms with Crippen LogP contribution in [0.25, 0.3) is 5.65 Å². The third-order valence-electron chi connectivity index (χ3n) is 5.01. The number of likely N-dealkylation sites (tertiary alicyclic amines) is 1. The molecule has 1 unspecified atom stereocenters. The number of hydrogen-bond donors (Lipinski definition) is 1. The van der Waals surface area contributed by atoms with Crippen LogP contribution in [0.2, 0.25) is 0 Å². The van der Waals surface area contributed by atoms with Crippen LogP contribution in [-0.4, -0.2) is 67.4 Å². The standard InChI is InChI=1S/C17H23F3N8/c1-11-9-21-12(2)15-22-13(24-28(11)15)5-6-14-23-16(26-7-3-4-8-26)25-27(14)10-17(18,19)20/h9,14H,3-8,10H2,1-2H3,(H,23,25). The van der Waals surface area contributed by atoms with Crippen LogP contribution in [-0.2, 0) is 6.42 Å². The molecular formula is C17H23F3N8. The number of hydrogen-bond acceptors (Lipinski definition) is 7. The molecule has 2 aliphatic rings. The van der Waals surface area contributed by atoms with E-state index < -0.39 is 18.9 Å². The number of nitrogens with zero attached hydrogens (tertiary/aromatic N) is 7. The fourth-order valence-corrected chi connectivity index (χ4v) is 3.58. The van der Waals surface area contributed by atoms with Crippen molar-refractivity contribution >= 4 is 11.6 Å².